The Balaban J connectivity index is 1.47. The highest BCUT2D eigenvalue weighted by Gasteiger charge is 2.08. The summed E-state index contributed by atoms with van der Waals surface area (Å²) in [7, 11) is 0. The van der Waals surface area contributed by atoms with Gasteiger partial charge >= 0.3 is 0 Å². The normalized spacial score (nSPS) is 11.4. The summed E-state index contributed by atoms with van der Waals surface area (Å²) < 4.78 is 2.00. The van der Waals surface area contributed by atoms with Crippen molar-refractivity contribution in [2.45, 2.75) is 46.1 Å². The second-order valence-corrected chi connectivity index (χ2v) is 7.53. The zero-order chi connectivity index (χ0) is 21.5. The molecule has 0 amide bonds. The van der Waals surface area contributed by atoms with Gasteiger partial charge in [-0.1, -0.05) is 62.4 Å². The summed E-state index contributed by atoms with van der Waals surface area (Å²) in [6.45, 7) is 4.99. The van der Waals surface area contributed by atoms with Crippen LogP contribution in [-0.2, 0) is 19.4 Å². The molecule has 0 radical (unpaired) electrons. The number of rotatable bonds is 9. The van der Waals surface area contributed by atoms with E-state index >= 15 is 0 Å². The predicted octanol–water partition coefficient (Wildman–Crippen LogP) is 4.47. The highest BCUT2D eigenvalue weighted by atomic mass is 15.5. The summed E-state index contributed by atoms with van der Waals surface area (Å²) in [5.74, 6) is 2.45. The lowest BCUT2D eigenvalue weighted by molar-refractivity contribution is 0.662. The Bertz CT molecular complexity index is 1130. The fourth-order valence-corrected chi connectivity index (χ4v) is 3.47. The molecule has 4 rings (SSSR count). The zero-order valence-corrected chi connectivity index (χ0v) is 18.0. The molecule has 0 spiro atoms. The van der Waals surface area contributed by atoms with Crippen molar-refractivity contribution in [1.82, 2.24) is 35.4 Å². The van der Waals surface area contributed by atoms with Crippen LogP contribution in [0.15, 0.2) is 54.6 Å². The first-order valence-electron chi connectivity index (χ1n) is 10.8. The van der Waals surface area contributed by atoms with Crippen molar-refractivity contribution in [3.8, 4) is 11.4 Å². The average Bonchev–Trinajstić information content (AvgIpc) is 3.45. The zero-order valence-electron chi connectivity index (χ0n) is 18.0. The molecule has 0 aliphatic carbocycles. The number of nitrogens with one attached hydrogen (secondary N) is 1. The maximum absolute atomic E-state index is 4.71. The van der Waals surface area contributed by atoms with Crippen molar-refractivity contribution >= 4 is 6.08 Å². The number of aromatic amines is 1. The van der Waals surface area contributed by atoms with Crippen LogP contribution in [0.25, 0.3) is 17.5 Å². The van der Waals surface area contributed by atoms with Crippen molar-refractivity contribution in [2.75, 3.05) is 0 Å². The Hall–Kier alpha value is -3.61. The highest BCUT2D eigenvalue weighted by Crippen LogP contribution is 2.18. The molecule has 0 fully saturated rings. The summed E-state index contributed by atoms with van der Waals surface area (Å²) in [5, 5.41) is 19.0. The fraction of sp³-hybridized carbons (Fsp3) is 0.292. The number of aryl methyl sites for hydroxylation is 1. The molecular weight excluding hydrogens is 386 g/mol. The molecule has 0 bridgehead atoms. The highest BCUT2D eigenvalue weighted by molar-refractivity contribution is 5.55. The van der Waals surface area contributed by atoms with Gasteiger partial charge < -0.3 is 0 Å². The summed E-state index contributed by atoms with van der Waals surface area (Å²) in [6, 6.07) is 17.0. The number of benzene rings is 2. The fourth-order valence-electron chi connectivity index (χ4n) is 3.47. The molecule has 4 aromatic rings. The molecule has 2 heterocycles. The van der Waals surface area contributed by atoms with Crippen molar-refractivity contribution < 1.29 is 0 Å². The van der Waals surface area contributed by atoms with Crippen LogP contribution in [0.5, 0.6) is 0 Å². The quantitative estimate of drug-likeness (QED) is 0.437. The molecule has 1 N–H and O–H groups in total. The van der Waals surface area contributed by atoms with Crippen LogP contribution in [0.4, 0.5) is 0 Å². The minimum atomic E-state index is 0.611. The lowest BCUT2D eigenvalue weighted by atomic mass is 10.0. The van der Waals surface area contributed by atoms with Crippen molar-refractivity contribution in [2.24, 2.45) is 0 Å². The van der Waals surface area contributed by atoms with E-state index in [1.54, 1.807) is 0 Å². The molecule has 31 heavy (non-hydrogen) atoms. The second-order valence-electron chi connectivity index (χ2n) is 7.53. The molecule has 0 atom stereocenters. The van der Waals surface area contributed by atoms with Crippen LogP contribution in [-0.4, -0.2) is 35.4 Å². The summed E-state index contributed by atoms with van der Waals surface area (Å²) in [6.07, 6.45) is 7.98. The maximum Gasteiger partial charge on any atom is 0.204 e. The number of hydrogen-bond acceptors (Lipinski definition) is 5. The molecule has 0 aliphatic rings. The Morgan fingerprint density at radius 2 is 1.84 bits per heavy atom. The number of hydrogen-bond donors (Lipinski definition) is 1. The number of aromatic nitrogens is 7. The van der Waals surface area contributed by atoms with Gasteiger partial charge in [-0.25, -0.2) is 9.67 Å². The molecular formula is C24H27N7. The Kier molecular flexibility index (Phi) is 6.62. The average molecular weight is 414 g/mol. The van der Waals surface area contributed by atoms with Crippen LogP contribution in [0, 0.1) is 0 Å². The number of H-pyrrole nitrogens is 1. The first-order valence-corrected chi connectivity index (χ1v) is 10.8. The monoisotopic (exact) mass is 413 g/mol. The Morgan fingerprint density at radius 3 is 2.58 bits per heavy atom. The van der Waals surface area contributed by atoms with Gasteiger partial charge in [-0.15, -0.1) is 10.2 Å². The summed E-state index contributed by atoms with van der Waals surface area (Å²) >= 11 is 0. The van der Waals surface area contributed by atoms with E-state index in [-0.39, 0.29) is 0 Å². The third-order valence-corrected chi connectivity index (χ3v) is 5.01. The number of nitrogens with zero attached hydrogens (tertiary/aromatic N) is 6. The van der Waals surface area contributed by atoms with Crippen LogP contribution in [0.3, 0.4) is 0 Å². The summed E-state index contributed by atoms with van der Waals surface area (Å²) in [4.78, 5) is 4.68. The maximum atomic E-state index is 4.71. The van der Waals surface area contributed by atoms with E-state index in [1.807, 2.05) is 16.8 Å². The van der Waals surface area contributed by atoms with E-state index in [2.05, 4.69) is 88.0 Å². The van der Waals surface area contributed by atoms with E-state index in [9.17, 15) is 0 Å². The van der Waals surface area contributed by atoms with Gasteiger partial charge in [0, 0.05) is 12.0 Å². The number of tetrazole rings is 1. The van der Waals surface area contributed by atoms with Gasteiger partial charge in [0.15, 0.2) is 11.6 Å². The van der Waals surface area contributed by atoms with E-state index in [0.29, 0.717) is 12.4 Å². The third kappa shape index (κ3) is 5.31. The minimum Gasteiger partial charge on any atom is -0.242 e. The van der Waals surface area contributed by atoms with Crippen LogP contribution >= 0.6 is 0 Å². The van der Waals surface area contributed by atoms with E-state index < -0.39 is 0 Å². The molecule has 7 nitrogen and oxygen atoms in total. The summed E-state index contributed by atoms with van der Waals surface area (Å²) in [5.41, 5.74) is 4.64. The van der Waals surface area contributed by atoms with Gasteiger partial charge in [-0.05, 0) is 53.3 Å². The predicted molar refractivity (Wildman–Crippen MR) is 121 cm³/mol. The van der Waals surface area contributed by atoms with E-state index in [4.69, 9.17) is 5.10 Å². The van der Waals surface area contributed by atoms with Crippen molar-refractivity contribution in [3.63, 3.8) is 0 Å². The van der Waals surface area contributed by atoms with E-state index in [0.717, 1.165) is 42.9 Å². The molecule has 0 unspecified atom stereocenters. The molecule has 0 saturated heterocycles. The first-order chi connectivity index (χ1) is 15.2. The standard InChI is InChI=1S/C24H27N7/c1-3-5-10-23-25-22(7-4-2)28-31(23)17-19-13-11-18(12-14-19)15-20-8-6-9-21(16-20)24-26-29-30-27-24/h5-6,8-14,16H,3-4,7,15,17H2,1-2H3,(H,26,27,29,30)/b10-5+. The Morgan fingerprint density at radius 1 is 1.00 bits per heavy atom. The first kappa shape index (κ1) is 20.7. The molecule has 0 aliphatic heterocycles. The molecule has 2 aromatic heterocycles. The molecule has 7 heteroatoms. The van der Waals surface area contributed by atoms with E-state index in [1.165, 1.54) is 16.7 Å². The van der Waals surface area contributed by atoms with Gasteiger partial charge in [0.2, 0.25) is 5.82 Å². The second kappa shape index (κ2) is 9.93. The topological polar surface area (TPSA) is 85.2 Å². The SMILES string of the molecule is CC/C=C/c1nc(CCC)nn1Cc1ccc(Cc2cccc(-c3nn[nH]n3)c2)cc1. The van der Waals surface area contributed by atoms with Crippen molar-refractivity contribution in [1.29, 1.82) is 0 Å². The Labute approximate surface area is 182 Å². The van der Waals surface area contributed by atoms with Gasteiger partial charge in [0.1, 0.15) is 0 Å². The van der Waals surface area contributed by atoms with Crippen LogP contribution < -0.4 is 0 Å². The van der Waals surface area contributed by atoms with Crippen LogP contribution in [0.2, 0.25) is 0 Å². The van der Waals surface area contributed by atoms with Crippen molar-refractivity contribution in [3.05, 3.63) is 82.9 Å². The minimum absolute atomic E-state index is 0.611. The van der Waals surface area contributed by atoms with Gasteiger partial charge in [0.25, 0.3) is 0 Å². The van der Waals surface area contributed by atoms with Gasteiger partial charge in [0.05, 0.1) is 6.54 Å². The third-order valence-electron chi connectivity index (χ3n) is 5.01. The number of allylic oxidation sites excluding steroid dienone is 1. The lowest BCUT2D eigenvalue weighted by Gasteiger charge is -2.07. The smallest absolute Gasteiger partial charge is 0.204 e. The molecule has 0 saturated carbocycles. The lowest BCUT2D eigenvalue weighted by Crippen LogP contribution is -2.05. The molecule has 2 aromatic carbocycles. The molecule has 158 valence electrons. The largest absolute Gasteiger partial charge is 0.242 e. The van der Waals surface area contributed by atoms with Gasteiger partial charge in [-0.2, -0.15) is 10.3 Å². The van der Waals surface area contributed by atoms with Gasteiger partial charge in [-0.3, -0.25) is 0 Å². The van der Waals surface area contributed by atoms with Crippen LogP contribution in [0.1, 0.15) is 55.0 Å².